The Kier molecular flexibility index (Phi) is 30.0. The van der Waals surface area contributed by atoms with Crippen LogP contribution in [0.4, 0.5) is 0 Å². The number of rotatable bonds is 26. The zero-order chi connectivity index (χ0) is 59.2. The van der Waals surface area contributed by atoms with Crippen molar-refractivity contribution in [1.82, 2.24) is 0 Å². The molecule has 1 saturated heterocycles. The van der Waals surface area contributed by atoms with E-state index >= 15 is 0 Å². The molecular formula is C71H117BO5Si. The standard InChI is InChI=1S/C27H40O2.C25H41BO2.C19H36OSi/c1-6-23(14-15-24-17-20(2)18-26(28)21(24)3)25-13-10-12-22(19-25)11-8-7-9-16-27(4,5)29;1-9-21(19-26-27-24(5,6)25(7,8)28-26)22-16-13-15-20(18-22)14-11-10-12-17-23(2,3)4;1-11-12-18(10)13-19(14(2)3)20-21(15(4)5,16(6)7)17(8)9/h10,12-15,19-20,26,28-29H,3,6-9,11,16-18H2,1-2,4-5H3;13,15-16,18-19H,9-12,14,17H2,1-8H3;1,15-19H,2,12-13H2,3-10H3/b23-14+,24-15-;21-19+;/t20-,26+;;18-,19+/m1.1/s1. The van der Waals surface area contributed by atoms with Crippen LogP contribution in [0.5, 0.6) is 0 Å². The van der Waals surface area contributed by atoms with E-state index in [1.807, 2.05) is 13.8 Å². The zero-order valence-electron chi connectivity index (χ0n) is 53.9. The van der Waals surface area contributed by atoms with Gasteiger partial charge in [0.2, 0.25) is 8.32 Å². The number of aryl methyl sites for hydroxylation is 2. The number of terminal acetylenes is 1. The van der Waals surface area contributed by atoms with Gasteiger partial charge in [-0.15, -0.1) is 12.3 Å². The summed E-state index contributed by atoms with van der Waals surface area (Å²) in [6.07, 6.45) is 26.8. The lowest BCUT2D eigenvalue weighted by Gasteiger charge is -2.45. The molecule has 0 radical (unpaired) electrons. The van der Waals surface area contributed by atoms with E-state index in [-0.39, 0.29) is 24.4 Å². The van der Waals surface area contributed by atoms with Gasteiger partial charge in [-0.25, -0.2) is 0 Å². The Labute approximate surface area is 483 Å². The average molecular weight is 1090 g/mol. The van der Waals surface area contributed by atoms with Gasteiger partial charge in [0.05, 0.1) is 29.0 Å². The summed E-state index contributed by atoms with van der Waals surface area (Å²) in [5, 5.41) is 20.0. The zero-order valence-corrected chi connectivity index (χ0v) is 54.9. The number of benzene rings is 2. The average Bonchev–Trinajstić information content (AvgIpc) is 3.54. The fourth-order valence-corrected chi connectivity index (χ4v) is 17.0. The molecule has 2 N–H and O–H groups in total. The summed E-state index contributed by atoms with van der Waals surface area (Å²) in [6, 6.07) is 17.9. The Balaban J connectivity index is 0.000000406. The first kappa shape index (κ1) is 70.9. The summed E-state index contributed by atoms with van der Waals surface area (Å²) in [5.41, 5.74) is 12.3. The molecule has 5 nitrogen and oxygen atoms in total. The van der Waals surface area contributed by atoms with Gasteiger partial charge in [0.25, 0.3) is 0 Å². The van der Waals surface area contributed by atoms with Gasteiger partial charge in [0, 0.05) is 6.42 Å². The van der Waals surface area contributed by atoms with Gasteiger partial charge in [0.1, 0.15) is 0 Å². The molecule has 2 fully saturated rings. The third-order valence-electron chi connectivity index (χ3n) is 16.8. The van der Waals surface area contributed by atoms with Gasteiger partial charge in [-0.3, -0.25) is 0 Å². The molecule has 2 aromatic rings. The molecule has 1 heterocycles. The summed E-state index contributed by atoms with van der Waals surface area (Å²) in [7, 11) is -2.13. The molecule has 0 amide bonds. The number of aliphatic hydroxyl groups is 2. The number of hydrogen-bond acceptors (Lipinski definition) is 5. The first-order chi connectivity index (χ1) is 36.2. The molecule has 7 heteroatoms. The highest BCUT2D eigenvalue weighted by molar-refractivity contribution is 6.77. The van der Waals surface area contributed by atoms with Gasteiger partial charge in [0.15, 0.2) is 0 Å². The molecule has 78 heavy (non-hydrogen) atoms. The second-order valence-electron chi connectivity index (χ2n) is 27.4. The fourth-order valence-electron chi connectivity index (χ4n) is 11.4. The molecule has 0 unspecified atom stereocenters. The highest BCUT2D eigenvalue weighted by atomic mass is 28.4. The van der Waals surface area contributed by atoms with Crippen molar-refractivity contribution >= 4 is 26.6 Å². The monoisotopic (exact) mass is 1090 g/mol. The number of aliphatic hydroxyl groups excluding tert-OH is 1. The van der Waals surface area contributed by atoms with E-state index < -0.39 is 20.0 Å². The third-order valence-corrected chi connectivity index (χ3v) is 22.9. The lowest BCUT2D eigenvalue weighted by atomic mass is 9.81. The molecule has 1 aliphatic heterocycles. The molecule has 0 spiro atoms. The van der Waals surface area contributed by atoms with Crippen LogP contribution in [0.15, 0.2) is 96.5 Å². The maximum absolute atomic E-state index is 10.2. The van der Waals surface area contributed by atoms with Crippen molar-refractivity contribution in [3.05, 3.63) is 119 Å². The van der Waals surface area contributed by atoms with Crippen LogP contribution < -0.4 is 0 Å². The molecular weight excluding hydrogens is 972 g/mol. The molecule has 4 atom stereocenters. The smallest absolute Gasteiger partial charge is 0.409 e. The minimum atomic E-state index is -1.86. The third kappa shape index (κ3) is 24.1. The normalized spacial score (nSPS) is 19.4. The van der Waals surface area contributed by atoms with Crippen LogP contribution in [0, 0.1) is 29.6 Å². The minimum Gasteiger partial charge on any atom is -0.409 e. The topological polar surface area (TPSA) is 68.2 Å². The van der Waals surface area contributed by atoms with E-state index in [9.17, 15) is 10.2 Å². The van der Waals surface area contributed by atoms with Crippen LogP contribution in [0.25, 0.3) is 11.1 Å². The number of allylic oxidation sites excluding steroid dienone is 4. The van der Waals surface area contributed by atoms with Gasteiger partial charge in [-0.1, -0.05) is 201 Å². The molecule has 2 aliphatic rings. The minimum absolute atomic E-state index is 0.146. The molecule has 0 bridgehead atoms. The van der Waals surface area contributed by atoms with Crippen molar-refractivity contribution < 1.29 is 23.9 Å². The highest BCUT2D eigenvalue weighted by Gasteiger charge is 2.50. The van der Waals surface area contributed by atoms with Crippen molar-refractivity contribution in [3.8, 4) is 12.3 Å². The number of hydrogen-bond donors (Lipinski definition) is 2. The summed E-state index contributed by atoms with van der Waals surface area (Å²) >= 11 is 0. The number of unbranched alkanes of at least 4 members (excludes halogenated alkanes) is 4. The SMILES string of the molecule is C#CC[C@@H](C)C[C@H](O[Si](C(C)C)(C(C)C)C(C)C)C(=C)C.C=C1/C(=C\C=C(/CC)c2cccc(CCCCCC(C)(C)O)c2)C[C@@H](C)C[C@@H]1O.CC/C(=C\B1OC(C)(C)C(C)(C)O1)c1cccc(CCCCCC(C)(C)C)c1. The molecule has 0 aromatic heterocycles. The molecule has 1 aliphatic carbocycles. The van der Waals surface area contributed by atoms with Crippen LogP contribution in [0.3, 0.4) is 0 Å². The largest absolute Gasteiger partial charge is 0.487 e. The van der Waals surface area contributed by atoms with Crippen molar-refractivity contribution in [2.45, 2.75) is 287 Å². The van der Waals surface area contributed by atoms with E-state index in [1.54, 1.807) is 0 Å². The van der Waals surface area contributed by atoms with Crippen LogP contribution in [-0.4, -0.2) is 54.7 Å². The predicted molar refractivity (Wildman–Crippen MR) is 345 cm³/mol. The molecule has 2 aromatic carbocycles. The van der Waals surface area contributed by atoms with Crippen LogP contribution in [0.1, 0.15) is 251 Å². The van der Waals surface area contributed by atoms with Crippen LogP contribution >= 0.6 is 0 Å². The van der Waals surface area contributed by atoms with E-state index in [2.05, 4.69) is 210 Å². The van der Waals surface area contributed by atoms with Crippen LogP contribution in [-0.2, 0) is 26.6 Å². The Morgan fingerprint density at radius 1 is 0.808 bits per heavy atom. The highest BCUT2D eigenvalue weighted by Crippen LogP contribution is 2.44. The Hall–Kier alpha value is -3.22. The molecule has 4 rings (SSSR count). The van der Waals surface area contributed by atoms with Gasteiger partial charge in [-0.05, 0) is 198 Å². The lowest BCUT2D eigenvalue weighted by molar-refractivity contribution is 0.00578. The fraction of sp³-hybridized carbons (Fsp3) is 0.662. The van der Waals surface area contributed by atoms with E-state index in [1.165, 1.54) is 64.7 Å². The predicted octanol–water partition coefficient (Wildman–Crippen LogP) is 20.1. The van der Waals surface area contributed by atoms with Gasteiger partial charge < -0.3 is 23.9 Å². The Morgan fingerprint density at radius 2 is 1.29 bits per heavy atom. The van der Waals surface area contributed by atoms with Crippen LogP contribution in [0.2, 0.25) is 16.6 Å². The van der Waals surface area contributed by atoms with Crippen molar-refractivity contribution in [3.63, 3.8) is 0 Å². The second-order valence-corrected chi connectivity index (χ2v) is 32.8. The summed E-state index contributed by atoms with van der Waals surface area (Å²) in [6.45, 7) is 52.3. The maximum Gasteiger partial charge on any atom is 0.487 e. The lowest BCUT2D eigenvalue weighted by Crippen LogP contribution is -2.50. The summed E-state index contributed by atoms with van der Waals surface area (Å²) < 4.78 is 19.2. The first-order valence-corrected chi connectivity index (χ1v) is 32.9. The quantitative estimate of drug-likeness (QED) is 0.0425. The van der Waals surface area contributed by atoms with Gasteiger partial charge >= 0.3 is 7.12 Å². The van der Waals surface area contributed by atoms with E-state index in [4.69, 9.17) is 20.2 Å². The van der Waals surface area contributed by atoms with Crippen molar-refractivity contribution in [2.24, 2.45) is 17.3 Å². The first-order valence-electron chi connectivity index (χ1n) is 30.7. The van der Waals surface area contributed by atoms with Gasteiger partial charge in [-0.2, -0.15) is 0 Å². The molecule has 1 saturated carbocycles. The summed E-state index contributed by atoms with van der Waals surface area (Å²) in [4.78, 5) is 0. The van der Waals surface area contributed by atoms with Crippen molar-refractivity contribution in [1.29, 1.82) is 0 Å². The van der Waals surface area contributed by atoms with Crippen molar-refractivity contribution in [2.75, 3.05) is 0 Å². The van der Waals surface area contributed by atoms with E-state index in [0.717, 1.165) is 88.2 Å². The van der Waals surface area contributed by atoms with E-state index in [0.29, 0.717) is 33.9 Å². The maximum atomic E-state index is 10.2. The Bertz CT molecular complexity index is 2220. The Morgan fingerprint density at radius 3 is 1.73 bits per heavy atom. The second kappa shape index (κ2) is 33.0. The molecule has 438 valence electrons. The summed E-state index contributed by atoms with van der Waals surface area (Å²) in [5.74, 6) is 5.92.